The van der Waals surface area contributed by atoms with Gasteiger partial charge in [0, 0.05) is 29.4 Å². The lowest BCUT2D eigenvalue weighted by molar-refractivity contribution is -0.385. The van der Waals surface area contributed by atoms with Crippen LogP contribution in [0.3, 0.4) is 0 Å². The summed E-state index contributed by atoms with van der Waals surface area (Å²) in [6.07, 6.45) is 1.70. The fraction of sp³-hybridized carbons (Fsp3) is 0. The summed E-state index contributed by atoms with van der Waals surface area (Å²) in [5.41, 5.74) is 2.17. The Morgan fingerprint density at radius 3 is 2.32 bits per heavy atom. The molecule has 0 atom stereocenters. The molecule has 0 aliphatic heterocycles. The predicted molar refractivity (Wildman–Crippen MR) is 128 cm³/mol. The lowest BCUT2D eigenvalue weighted by Gasteiger charge is -2.14. The Bertz CT molecular complexity index is 1670. The van der Waals surface area contributed by atoms with Crippen LogP contribution in [-0.2, 0) is 10.0 Å². The highest BCUT2D eigenvalue weighted by Crippen LogP contribution is 2.29. The molecular weight excluding hydrogens is 456 g/mol. The molecule has 0 bridgehead atoms. The van der Waals surface area contributed by atoms with Gasteiger partial charge in [0.2, 0.25) is 0 Å². The number of anilines is 3. The number of para-hydroxylation sites is 2. The Labute approximate surface area is 193 Å². The van der Waals surface area contributed by atoms with Crippen LogP contribution in [0.2, 0.25) is 0 Å². The summed E-state index contributed by atoms with van der Waals surface area (Å²) >= 11 is 0. The van der Waals surface area contributed by atoms with Gasteiger partial charge >= 0.3 is 0 Å². The largest absolute Gasteiger partial charge is 0.337 e. The molecule has 2 heterocycles. The van der Waals surface area contributed by atoms with E-state index in [1.807, 2.05) is 24.3 Å². The Kier molecular flexibility index (Phi) is 5.22. The minimum absolute atomic E-state index is 0.0449. The van der Waals surface area contributed by atoms with Gasteiger partial charge in [-0.3, -0.25) is 19.8 Å². The maximum absolute atomic E-state index is 13.1. The second-order valence-electron chi connectivity index (χ2n) is 7.31. The first kappa shape index (κ1) is 21.2. The monoisotopic (exact) mass is 472 g/mol. The molecule has 0 aliphatic rings. The Balaban J connectivity index is 1.57. The molecule has 0 aliphatic carbocycles. The van der Waals surface area contributed by atoms with Crippen molar-refractivity contribution in [2.75, 3.05) is 10.0 Å². The SMILES string of the molecule is O=[N+]([O-])c1cccc(S(=O)(=O)Nc2nc3ccccc3nc2Nc2ccc3ncccc3c2)c1. The number of rotatable bonds is 6. The molecule has 0 spiro atoms. The highest BCUT2D eigenvalue weighted by molar-refractivity contribution is 7.92. The number of nitrogens with zero attached hydrogens (tertiary/aromatic N) is 4. The zero-order valence-corrected chi connectivity index (χ0v) is 18.2. The highest BCUT2D eigenvalue weighted by Gasteiger charge is 2.21. The number of sulfonamides is 1. The number of nitrogens with one attached hydrogen (secondary N) is 2. The van der Waals surface area contributed by atoms with E-state index < -0.39 is 14.9 Å². The lowest BCUT2D eigenvalue weighted by atomic mass is 10.2. The summed E-state index contributed by atoms with van der Waals surface area (Å²) in [5, 5.41) is 15.1. The average molecular weight is 472 g/mol. The van der Waals surface area contributed by atoms with Gasteiger partial charge in [-0.25, -0.2) is 18.4 Å². The van der Waals surface area contributed by atoms with E-state index in [1.54, 1.807) is 36.5 Å². The summed E-state index contributed by atoms with van der Waals surface area (Å²) in [5.74, 6) is 0.132. The van der Waals surface area contributed by atoms with Gasteiger partial charge in [0.05, 0.1) is 26.4 Å². The van der Waals surface area contributed by atoms with Crippen LogP contribution >= 0.6 is 0 Å². The summed E-state index contributed by atoms with van der Waals surface area (Å²) < 4.78 is 28.5. The zero-order valence-electron chi connectivity index (χ0n) is 17.4. The number of pyridine rings is 1. The molecule has 0 saturated heterocycles. The minimum atomic E-state index is -4.19. The first-order valence-electron chi connectivity index (χ1n) is 10.0. The van der Waals surface area contributed by atoms with E-state index in [-0.39, 0.29) is 22.2 Å². The second kappa shape index (κ2) is 8.37. The van der Waals surface area contributed by atoms with Crippen LogP contribution in [0.25, 0.3) is 21.9 Å². The Hall–Kier alpha value is -4.64. The van der Waals surface area contributed by atoms with E-state index >= 15 is 0 Å². The van der Waals surface area contributed by atoms with Crippen molar-refractivity contribution in [3.63, 3.8) is 0 Å². The number of nitro benzene ring substituents is 1. The van der Waals surface area contributed by atoms with E-state index in [2.05, 4.69) is 25.0 Å². The van der Waals surface area contributed by atoms with Crippen LogP contribution < -0.4 is 10.0 Å². The topological polar surface area (TPSA) is 140 Å². The zero-order chi connectivity index (χ0) is 23.7. The first-order valence-corrected chi connectivity index (χ1v) is 11.5. The number of hydrogen-bond acceptors (Lipinski definition) is 8. The molecule has 0 radical (unpaired) electrons. The van der Waals surface area contributed by atoms with Crippen LogP contribution in [0.15, 0.2) is 90.0 Å². The maximum atomic E-state index is 13.1. The molecule has 5 aromatic rings. The summed E-state index contributed by atoms with van der Waals surface area (Å²) in [6, 6.07) is 21.0. The molecule has 34 heavy (non-hydrogen) atoms. The first-order chi connectivity index (χ1) is 16.4. The van der Waals surface area contributed by atoms with Crippen molar-refractivity contribution in [3.05, 3.63) is 95.2 Å². The third kappa shape index (κ3) is 4.19. The molecule has 0 amide bonds. The number of benzene rings is 3. The molecule has 11 heteroatoms. The van der Waals surface area contributed by atoms with E-state index in [9.17, 15) is 18.5 Å². The molecule has 0 unspecified atom stereocenters. The van der Waals surface area contributed by atoms with Crippen molar-refractivity contribution >= 4 is 55.0 Å². The van der Waals surface area contributed by atoms with Crippen LogP contribution in [0.5, 0.6) is 0 Å². The molecule has 10 nitrogen and oxygen atoms in total. The normalized spacial score (nSPS) is 11.4. The Morgan fingerprint density at radius 1 is 0.794 bits per heavy atom. The third-order valence-corrected chi connectivity index (χ3v) is 6.34. The molecule has 3 aromatic carbocycles. The lowest BCUT2D eigenvalue weighted by Crippen LogP contribution is -2.16. The van der Waals surface area contributed by atoms with Gasteiger partial charge in [-0.15, -0.1) is 0 Å². The van der Waals surface area contributed by atoms with Gasteiger partial charge in [-0.2, -0.15) is 0 Å². The number of fused-ring (bicyclic) bond motifs is 2. The second-order valence-corrected chi connectivity index (χ2v) is 8.99. The van der Waals surface area contributed by atoms with E-state index in [4.69, 9.17) is 0 Å². The van der Waals surface area contributed by atoms with Crippen LogP contribution in [0.1, 0.15) is 0 Å². The molecule has 0 fully saturated rings. The summed E-state index contributed by atoms with van der Waals surface area (Å²) in [7, 11) is -4.19. The van der Waals surface area contributed by atoms with E-state index in [0.29, 0.717) is 16.7 Å². The maximum Gasteiger partial charge on any atom is 0.270 e. The van der Waals surface area contributed by atoms with Crippen molar-refractivity contribution in [2.24, 2.45) is 0 Å². The van der Waals surface area contributed by atoms with Crippen molar-refractivity contribution in [3.8, 4) is 0 Å². The van der Waals surface area contributed by atoms with Gasteiger partial charge in [0.15, 0.2) is 11.6 Å². The Morgan fingerprint density at radius 2 is 1.56 bits per heavy atom. The van der Waals surface area contributed by atoms with Crippen LogP contribution in [0, 0.1) is 10.1 Å². The van der Waals surface area contributed by atoms with Crippen molar-refractivity contribution in [1.82, 2.24) is 15.0 Å². The van der Waals surface area contributed by atoms with Crippen molar-refractivity contribution < 1.29 is 13.3 Å². The fourth-order valence-corrected chi connectivity index (χ4v) is 4.45. The number of non-ortho nitro benzene ring substituents is 1. The van der Waals surface area contributed by atoms with E-state index in [0.717, 1.165) is 17.0 Å². The number of hydrogen-bond donors (Lipinski definition) is 2. The smallest absolute Gasteiger partial charge is 0.270 e. The standard InChI is InChI=1S/C23H16N6O4S/c30-29(31)17-6-3-7-18(14-17)34(32,33)28-23-22(26-20-8-1-2-9-21(20)27-23)25-16-10-11-19-15(13-16)5-4-12-24-19/h1-14H,(H,25,26)(H,27,28). The van der Waals surface area contributed by atoms with E-state index in [1.165, 1.54) is 18.2 Å². The van der Waals surface area contributed by atoms with Crippen molar-refractivity contribution in [1.29, 1.82) is 0 Å². The van der Waals surface area contributed by atoms with Crippen LogP contribution in [-0.4, -0.2) is 28.3 Å². The van der Waals surface area contributed by atoms with Gasteiger partial charge in [-0.1, -0.05) is 24.3 Å². The predicted octanol–water partition coefficient (Wildman–Crippen LogP) is 4.63. The molecule has 168 valence electrons. The summed E-state index contributed by atoms with van der Waals surface area (Å²) in [4.78, 5) is 23.5. The molecule has 2 N–H and O–H groups in total. The highest BCUT2D eigenvalue weighted by atomic mass is 32.2. The van der Waals surface area contributed by atoms with Gasteiger partial charge in [0.1, 0.15) is 0 Å². The van der Waals surface area contributed by atoms with Gasteiger partial charge < -0.3 is 5.32 Å². The third-order valence-electron chi connectivity index (χ3n) is 5.01. The minimum Gasteiger partial charge on any atom is -0.337 e. The van der Waals surface area contributed by atoms with Crippen LogP contribution in [0.4, 0.5) is 23.0 Å². The van der Waals surface area contributed by atoms with Crippen molar-refractivity contribution in [2.45, 2.75) is 4.90 Å². The van der Waals surface area contributed by atoms with Gasteiger partial charge in [-0.05, 0) is 42.5 Å². The molecular formula is C23H16N6O4S. The number of aromatic nitrogens is 3. The molecule has 5 rings (SSSR count). The summed E-state index contributed by atoms with van der Waals surface area (Å²) in [6.45, 7) is 0. The van der Waals surface area contributed by atoms with Gasteiger partial charge in [0.25, 0.3) is 15.7 Å². The molecule has 2 aromatic heterocycles. The number of nitro groups is 1. The fourth-order valence-electron chi connectivity index (χ4n) is 3.40. The average Bonchev–Trinajstić information content (AvgIpc) is 2.84. The molecule has 0 saturated carbocycles. The quantitative estimate of drug-likeness (QED) is 0.269.